The lowest BCUT2D eigenvalue weighted by molar-refractivity contribution is 0.419. The third-order valence-electron chi connectivity index (χ3n) is 1.51. The van der Waals surface area contributed by atoms with Crippen LogP contribution < -0.4 is 5.46 Å². The highest BCUT2D eigenvalue weighted by Crippen LogP contribution is 2.16. The summed E-state index contributed by atoms with van der Waals surface area (Å²) < 4.78 is 0. The lowest BCUT2D eigenvalue weighted by atomic mass is 9.79. The van der Waals surface area contributed by atoms with Crippen molar-refractivity contribution < 1.29 is 15.2 Å². The van der Waals surface area contributed by atoms with E-state index in [1.165, 1.54) is 6.07 Å². The summed E-state index contributed by atoms with van der Waals surface area (Å²) in [6.45, 7) is 1.75. The molecule has 0 atom stereocenters. The molecule has 0 spiro atoms. The topological polar surface area (TPSA) is 60.7 Å². The zero-order valence-corrected chi connectivity index (χ0v) is 7.21. The van der Waals surface area contributed by atoms with E-state index in [0.717, 1.165) is 5.56 Å². The second-order valence-electron chi connectivity index (χ2n) is 2.55. The van der Waals surface area contributed by atoms with Crippen molar-refractivity contribution in [3.05, 3.63) is 22.7 Å². The first-order chi connectivity index (χ1) is 5.52. The standard InChI is InChI=1S/C7H8BClO3/c1-4-2-5(9)7(8(11)12)6(10)3-4/h2-3,10-12H,1H3. The average molecular weight is 186 g/mol. The highest BCUT2D eigenvalue weighted by Gasteiger charge is 2.19. The Bertz CT molecular complexity index is 278. The Morgan fingerprint density at radius 1 is 1.33 bits per heavy atom. The van der Waals surface area contributed by atoms with E-state index in [9.17, 15) is 5.11 Å². The normalized spacial score (nSPS) is 10.0. The molecule has 3 nitrogen and oxygen atoms in total. The number of hydrogen-bond donors (Lipinski definition) is 3. The summed E-state index contributed by atoms with van der Waals surface area (Å²) in [5.41, 5.74) is 0.712. The van der Waals surface area contributed by atoms with Crippen LogP contribution in [0.15, 0.2) is 12.1 Å². The van der Waals surface area contributed by atoms with Crippen molar-refractivity contribution in [3.8, 4) is 5.75 Å². The van der Waals surface area contributed by atoms with E-state index in [4.69, 9.17) is 21.6 Å². The molecule has 64 valence electrons. The number of halogens is 1. The zero-order chi connectivity index (χ0) is 9.30. The Kier molecular flexibility index (Phi) is 2.62. The second kappa shape index (κ2) is 3.35. The maximum Gasteiger partial charge on any atom is 0.493 e. The Balaban J connectivity index is 3.28. The summed E-state index contributed by atoms with van der Waals surface area (Å²) in [5.74, 6) is -0.199. The van der Waals surface area contributed by atoms with E-state index in [0.29, 0.717) is 0 Å². The SMILES string of the molecule is Cc1cc(O)c(B(O)O)c(Cl)c1. The molecular weight excluding hydrogens is 178 g/mol. The van der Waals surface area contributed by atoms with Crippen LogP contribution in [0.4, 0.5) is 0 Å². The minimum Gasteiger partial charge on any atom is -0.508 e. The Morgan fingerprint density at radius 3 is 2.33 bits per heavy atom. The summed E-state index contributed by atoms with van der Waals surface area (Å²) in [6.07, 6.45) is 0. The molecule has 0 fully saturated rings. The van der Waals surface area contributed by atoms with Gasteiger partial charge in [0.2, 0.25) is 0 Å². The Labute approximate surface area is 75.4 Å². The molecule has 12 heavy (non-hydrogen) atoms. The van der Waals surface area contributed by atoms with E-state index >= 15 is 0 Å². The van der Waals surface area contributed by atoms with Crippen molar-refractivity contribution in [2.24, 2.45) is 0 Å². The van der Waals surface area contributed by atoms with Gasteiger partial charge in [0.05, 0.1) is 0 Å². The van der Waals surface area contributed by atoms with Crippen molar-refractivity contribution >= 4 is 24.2 Å². The molecule has 0 bridgehead atoms. The summed E-state index contributed by atoms with van der Waals surface area (Å²) in [6, 6.07) is 2.97. The van der Waals surface area contributed by atoms with Gasteiger partial charge in [0.1, 0.15) is 5.75 Å². The Hall–Kier alpha value is -0.705. The molecule has 0 aliphatic carbocycles. The summed E-state index contributed by atoms with van der Waals surface area (Å²) in [4.78, 5) is 0. The van der Waals surface area contributed by atoms with Crippen LogP contribution in [0, 0.1) is 6.92 Å². The van der Waals surface area contributed by atoms with Crippen molar-refractivity contribution in [1.82, 2.24) is 0 Å². The largest absolute Gasteiger partial charge is 0.508 e. The third kappa shape index (κ3) is 1.72. The fourth-order valence-corrected chi connectivity index (χ4v) is 1.36. The molecule has 0 aliphatic rings. The third-order valence-corrected chi connectivity index (χ3v) is 1.82. The first-order valence-corrected chi connectivity index (χ1v) is 3.75. The zero-order valence-electron chi connectivity index (χ0n) is 6.45. The lowest BCUT2D eigenvalue weighted by Gasteiger charge is -2.06. The summed E-state index contributed by atoms with van der Waals surface area (Å²) in [5, 5.41) is 27.0. The van der Waals surface area contributed by atoms with Crippen LogP contribution in [-0.4, -0.2) is 22.3 Å². The number of hydrogen-bond acceptors (Lipinski definition) is 3. The maximum atomic E-state index is 9.24. The van der Waals surface area contributed by atoms with Crippen molar-refractivity contribution in [1.29, 1.82) is 0 Å². The maximum absolute atomic E-state index is 9.24. The number of phenols is 1. The van der Waals surface area contributed by atoms with Crippen LogP contribution in [0.2, 0.25) is 5.02 Å². The molecule has 1 aromatic rings. The summed E-state index contributed by atoms with van der Waals surface area (Å²) >= 11 is 5.65. The van der Waals surface area contributed by atoms with Gasteiger partial charge in [-0.1, -0.05) is 11.6 Å². The van der Waals surface area contributed by atoms with E-state index in [2.05, 4.69) is 0 Å². The smallest absolute Gasteiger partial charge is 0.493 e. The first kappa shape index (κ1) is 9.38. The average Bonchev–Trinajstić information content (AvgIpc) is 1.82. The monoisotopic (exact) mass is 186 g/mol. The van der Waals surface area contributed by atoms with E-state index < -0.39 is 7.12 Å². The van der Waals surface area contributed by atoms with E-state index in [1.807, 2.05) is 0 Å². The van der Waals surface area contributed by atoms with Gasteiger partial charge < -0.3 is 15.2 Å². The van der Waals surface area contributed by atoms with E-state index in [-0.39, 0.29) is 16.2 Å². The molecule has 0 radical (unpaired) electrons. The molecule has 1 aromatic carbocycles. The number of aromatic hydroxyl groups is 1. The van der Waals surface area contributed by atoms with Gasteiger partial charge >= 0.3 is 7.12 Å². The molecule has 5 heteroatoms. The molecule has 0 saturated heterocycles. The molecule has 0 aromatic heterocycles. The molecule has 3 N–H and O–H groups in total. The molecule has 0 unspecified atom stereocenters. The molecule has 0 heterocycles. The van der Waals surface area contributed by atoms with Gasteiger partial charge in [-0.05, 0) is 24.6 Å². The van der Waals surface area contributed by atoms with Crippen molar-refractivity contribution in [3.63, 3.8) is 0 Å². The van der Waals surface area contributed by atoms with Crippen LogP contribution in [0.5, 0.6) is 5.75 Å². The van der Waals surface area contributed by atoms with Crippen LogP contribution >= 0.6 is 11.6 Å². The fourth-order valence-electron chi connectivity index (χ4n) is 0.991. The van der Waals surface area contributed by atoms with Gasteiger partial charge in [-0.3, -0.25) is 0 Å². The molecule has 0 amide bonds. The van der Waals surface area contributed by atoms with Crippen LogP contribution in [0.3, 0.4) is 0 Å². The minimum absolute atomic E-state index is 0.0535. The highest BCUT2D eigenvalue weighted by atomic mass is 35.5. The first-order valence-electron chi connectivity index (χ1n) is 3.37. The highest BCUT2D eigenvalue weighted by molar-refractivity contribution is 6.63. The predicted molar refractivity (Wildman–Crippen MR) is 47.7 cm³/mol. The number of phenolic OH excluding ortho intramolecular Hbond substituents is 1. The fraction of sp³-hybridized carbons (Fsp3) is 0.143. The van der Waals surface area contributed by atoms with Crippen molar-refractivity contribution in [2.75, 3.05) is 0 Å². The predicted octanol–water partition coefficient (Wildman–Crippen LogP) is 0.0338. The van der Waals surface area contributed by atoms with Gasteiger partial charge in [-0.25, -0.2) is 0 Å². The van der Waals surface area contributed by atoms with Crippen molar-refractivity contribution in [2.45, 2.75) is 6.92 Å². The van der Waals surface area contributed by atoms with Crippen LogP contribution in [0.25, 0.3) is 0 Å². The number of rotatable bonds is 1. The van der Waals surface area contributed by atoms with Gasteiger partial charge in [-0.2, -0.15) is 0 Å². The van der Waals surface area contributed by atoms with E-state index in [1.54, 1.807) is 13.0 Å². The second-order valence-corrected chi connectivity index (χ2v) is 2.96. The number of benzene rings is 1. The van der Waals surface area contributed by atoms with Gasteiger partial charge in [0, 0.05) is 10.5 Å². The van der Waals surface area contributed by atoms with Crippen LogP contribution in [0.1, 0.15) is 5.56 Å². The quantitative estimate of drug-likeness (QED) is 0.543. The minimum atomic E-state index is -1.74. The van der Waals surface area contributed by atoms with Gasteiger partial charge in [-0.15, -0.1) is 0 Å². The molecular formula is C7H8BClO3. The molecule has 1 rings (SSSR count). The lowest BCUT2D eigenvalue weighted by Crippen LogP contribution is -2.31. The summed E-state index contributed by atoms with van der Waals surface area (Å²) in [7, 11) is -1.74. The van der Waals surface area contributed by atoms with Gasteiger partial charge in [0.15, 0.2) is 0 Å². The Morgan fingerprint density at radius 2 is 1.92 bits per heavy atom. The molecule has 0 aliphatic heterocycles. The number of aryl methyl sites for hydroxylation is 1. The van der Waals surface area contributed by atoms with Crippen LogP contribution in [-0.2, 0) is 0 Å². The molecule has 0 saturated carbocycles. The van der Waals surface area contributed by atoms with Gasteiger partial charge in [0.25, 0.3) is 0 Å².